The summed E-state index contributed by atoms with van der Waals surface area (Å²) in [5, 5.41) is 0. The maximum absolute atomic E-state index is 5.79. The molecule has 18 heavy (non-hydrogen) atoms. The van der Waals surface area contributed by atoms with Crippen LogP contribution < -0.4 is 9.47 Å². The van der Waals surface area contributed by atoms with Crippen molar-refractivity contribution in [2.24, 2.45) is 0 Å². The first-order valence-corrected chi connectivity index (χ1v) is 6.77. The van der Waals surface area contributed by atoms with Gasteiger partial charge < -0.3 is 14.2 Å². The van der Waals surface area contributed by atoms with Gasteiger partial charge in [0.25, 0.3) is 0 Å². The Morgan fingerprint density at radius 2 is 2.17 bits per heavy atom. The van der Waals surface area contributed by atoms with E-state index in [9.17, 15) is 0 Å². The van der Waals surface area contributed by atoms with Gasteiger partial charge in [-0.05, 0) is 37.5 Å². The van der Waals surface area contributed by atoms with Crippen LogP contribution in [0.5, 0.6) is 11.5 Å². The van der Waals surface area contributed by atoms with Crippen LogP contribution in [0.15, 0.2) is 18.2 Å². The van der Waals surface area contributed by atoms with E-state index in [2.05, 4.69) is 6.92 Å². The third-order valence-electron chi connectivity index (χ3n) is 3.13. The van der Waals surface area contributed by atoms with Gasteiger partial charge in [0, 0.05) is 5.88 Å². The van der Waals surface area contributed by atoms with Gasteiger partial charge in [-0.15, -0.1) is 11.6 Å². The second-order valence-corrected chi connectivity index (χ2v) is 4.84. The largest absolute Gasteiger partial charge is 0.493 e. The van der Waals surface area contributed by atoms with E-state index in [-0.39, 0.29) is 6.10 Å². The van der Waals surface area contributed by atoms with Crippen LogP contribution in [0.1, 0.15) is 25.3 Å². The maximum Gasteiger partial charge on any atom is 0.161 e. The summed E-state index contributed by atoms with van der Waals surface area (Å²) in [6.07, 6.45) is 2.70. The molecule has 1 aromatic carbocycles. The molecule has 2 atom stereocenters. The van der Waals surface area contributed by atoms with Gasteiger partial charge in [-0.1, -0.05) is 6.07 Å². The first kappa shape index (κ1) is 13.5. The molecule has 3 nitrogen and oxygen atoms in total. The number of rotatable bonds is 5. The van der Waals surface area contributed by atoms with E-state index in [1.54, 1.807) is 7.11 Å². The average molecular weight is 271 g/mol. The molecule has 0 radical (unpaired) electrons. The molecule has 1 aliphatic heterocycles. The van der Waals surface area contributed by atoms with Gasteiger partial charge in [-0.25, -0.2) is 0 Å². The summed E-state index contributed by atoms with van der Waals surface area (Å²) >= 11 is 5.79. The summed E-state index contributed by atoms with van der Waals surface area (Å²) in [6.45, 7) is 2.66. The van der Waals surface area contributed by atoms with Crippen molar-refractivity contribution in [2.75, 3.05) is 13.7 Å². The summed E-state index contributed by atoms with van der Waals surface area (Å²) in [5.41, 5.74) is 1.02. The topological polar surface area (TPSA) is 27.7 Å². The Morgan fingerprint density at radius 1 is 1.33 bits per heavy atom. The van der Waals surface area contributed by atoms with Gasteiger partial charge in [0.15, 0.2) is 11.5 Å². The molecule has 0 aromatic heterocycles. The molecule has 0 saturated carbocycles. The highest BCUT2D eigenvalue weighted by molar-refractivity contribution is 6.17. The Hall–Kier alpha value is -0.930. The fourth-order valence-electron chi connectivity index (χ4n) is 2.10. The minimum atomic E-state index is 0.192. The minimum absolute atomic E-state index is 0.192. The summed E-state index contributed by atoms with van der Waals surface area (Å²) < 4.78 is 16.8. The minimum Gasteiger partial charge on any atom is -0.493 e. The summed E-state index contributed by atoms with van der Waals surface area (Å²) in [7, 11) is 1.63. The van der Waals surface area contributed by atoms with Gasteiger partial charge in [-0.3, -0.25) is 0 Å². The van der Waals surface area contributed by atoms with Crippen LogP contribution in [0.2, 0.25) is 0 Å². The van der Waals surface area contributed by atoms with Gasteiger partial charge in [0.1, 0.15) is 6.61 Å². The van der Waals surface area contributed by atoms with Gasteiger partial charge >= 0.3 is 0 Å². The van der Waals surface area contributed by atoms with Gasteiger partial charge in [-0.2, -0.15) is 0 Å². The highest BCUT2D eigenvalue weighted by Gasteiger charge is 2.22. The predicted molar refractivity (Wildman–Crippen MR) is 71.6 cm³/mol. The van der Waals surface area contributed by atoms with E-state index in [1.165, 1.54) is 0 Å². The van der Waals surface area contributed by atoms with E-state index in [4.69, 9.17) is 25.8 Å². The number of hydrogen-bond donors (Lipinski definition) is 0. The van der Waals surface area contributed by atoms with Crippen LogP contribution >= 0.6 is 11.6 Å². The van der Waals surface area contributed by atoms with E-state index >= 15 is 0 Å². The van der Waals surface area contributed by atoms with Crippen LogP contribution in [0, 0.1) is 0 Å². The molecule has 0 amide bonds. The Morgan fingerprint density at radius 3 is 2.78 bits per heavy atom. The van der Waals surface area contributed by atoms with Crippen LogP contribution in [-0.4, -0.2) is 25.9 Å². The lowest BCUT2D eigenvalue weighted by molar-refractivity contribution is 0.0259. The third-order valence-corrected chi connectivity index (χ3v) is 3.44. The van der Waals surface area contributed by atoms with Gasteiger partial charge in [0.05, 0.1) is 19.3 Å². The lowest BCUT2D eigenvalue weighted by atomic mass is 10.2. The van der Waals surface area contributed by atoms with Crippen LogP contribution in [0.25, 0.3) is 0 Å². The monoisotopic (exact) mass is 270 g/mol. The van der Waals surface area contributed by atoms with E-state index in [0.717, 1.165) is 29.9 Å². The highest BCUT2D eigenvalue weighted by atomic mass is 35.5. The number of halogens is 1. The number of methoxy groups -OCH3 is 1. The molecule has 0 spiro atoms. The molecule has 1 saturated heterocycles. The quantitative estimate of drug-likeness (QED) is 0.768. The molecule has 1 aromatic rings. The molecule has 100 valence electrons. The first-order valence-electron chi connectivity index (χ1n) is 6.24. The summed E-state index contributed by atoms with van der Waals surface area (Å²) in [5.74, 6) is 1.94. The molecule has 2 unspecified atom stereocenters. The lowest BCUT2D eigenvalue weighted by Gasteiger charge is -2.15. The molecule has 1 aliphatic rings. The standard InChI is InChI=1S/C14H19ClO3/c1-10-3-5-12(18-10)9-17-13-6-4-11(8-15)7-14(13)16-2/h4,6-7,10,12H,3,5,8-9H2,1-2H3. The van der Waals surface area contributed by atoms with E-state index in [0.29, 0.717) is 18.6 Å². The summed E-state index contributed by atoms with van der Waals surface area (Å²) in [6, 6.07) is 5.75. The second-order valence-electron chi connectivity index (χ2n) is 4.58. The molecule has 1 heterocycles. The fourth-order valence-corrected chi connectivity index (χ4v) is 2.27. The molecule has 2 rings (SSSR count). The van der Waals surface area contributed by atoms with Crippen LogP contribution in [0.4, 0.5) is 0 Å². The van der Waals surface area contributed by atoms with Crippen molar-refractivity contribution in [1.82, 2.24) is 0 Å². The number of alkyl halides is 1. The lowest BCUT2D eigenvalue weighted by Crippen LogP contribution is -2.18. The highest BCUT2D eigenvalue weighted by Crippen LogP contribution is 2.29. The zero-order valence-corrected chi connectivity index (χ0v) is 11.6. The van der Waals surface area contributed by atoms with Crippen LogP contribution in [-0.2, 0) is 10.6 Å². The van der Waals surface area contributed by atoms with Crippen molar-refractivity contribution < 1.29 is 14.2 Å². The molecular formula is C14H19ClO3. The van der Waals surface area contributed by atoms with Crippen molar-refractivity contribution in [1.29, 1.82) is 0 Å². The van der Waals surface area contributed by atoms with E-state index in [1.807, 2.05) is 18.2 Å². The smallest absolute Gasteiger partial charge is 0.161 e. The van der Waals surface area contributed by atoms with Crippen molar-refractivity contribution in [3.05, 3.63) is 23.8 Å². The Balaban J connectivity index is 1.96. The van der Waals surface area contributed by atoms with Crippen LogP contribution in [0.3, 0.4) is 0 Å². The van der Waals surface area contributed by atoms with Crippen molar-refractivity contribution in [2.45, 2.75) is 37.9 Å². The summed E-state index contributed by atoms with van der Waals surface area (Å²) in [4.78, 5) is 0. The second kappa shape index (κ2) is 6.30. The van der Waals surface area contributed by atoms with Gasteiger partial charge in [0.2, 0.25) is 0 Å². The fraction of sp³-hybridized carbons (Fsp3) is 0.571. The molecule has 0 N–H and O–H groups in total. The number of hydrogen-bond acceptors (Lipinski definition) is 3. The zero-order chi connectivity index (χ0) is 13.0. The number of ether oxygens (including phenoxy) is 3. The maximum atomic E-state index is 5.79. The zero-order valence-electron chi connectivity index (χ0n) is 10.8. The number of benzene rings is 1. The Bertz CT molecular complexity index is 395. The third kappa shape index (κ3) is 3.30. The Kier molecular flexibility index (Phi) is 4.72. The normalized spacial score (nSPS) is 23.1. The average Bonchev–Trinajstić information content (AvgIpc) is 2.82. The van der Waals surface area contributed by atoms with Crippen molar-refractivity contribution in [3.63, 3.8) is 0 Å². The Labute approximate surface area is 113 Å². The van der Waals surface area contributed by atoms with Crippen molar-refractivity contribution >= 4 is 11.6 Å². The molecule has 4 heteroatoms. The predicted octanol–water partition coefficient (Wildman–Crippen LogP) is 3.38. The van der Waals surface area contributed by atoms with Crippen molar-refractivity contribution in [3.8, 4) is 11.5 Å². The molecule has 0 aliphatic carbocycles. The SMILES string of the molecule is COc1cc(CCl)ccc1OCC1CCC(C)O1. The molecule has 0 bridgehead atoms. The molecular weight excluding hydrogens is 252 g/mol. The first-order chi connectivity index (χ1) is 8.72. The van der Waals surface area contributed by atoms with E-state index < -0.39 is 0 Å². The molecule has 1 fully saturated rings.